The number of halogens is 1. The average Bonchev–Trinajstić information content (AvgIpc) is 3.24. The number of carbonyl (C=O) groups is 2. The molecular formula is C17H22ClN3O4. The van der Waals surface area contributed by atoms with Crippen molar-refractivity contribution in [2.75, 3.05) is 37.7 Å². The van der Waals surface area contributed by atoms with Crippen molar-refractivity contribution in [3.8, 4) is 11.5 Å². The molecule has 3 heterocycles. The molecule has 2 atom stereocenters. The first-order chi connectivity index (χ1) is 11.7. The van der Waals surface area contributed by atoms with Gasteiger partial charge >= 0.3 is 0 Å². The molecule has 8 heteroatoms. The quantitative estimate of drug-likeness (QED) is 0.769. The summed E-state index contributed by atoms with van der Waals surface area (Å²) >= 11 is 0. The molecule has 136 valence electrons. The number of hydrogen-bond acceptors (Lipinski definition) is 5. The lowest BCUT2D eigenvalue weighted by molar-refractivity contribution is -0.132. The second-order valence-corrected chi connectivity index (χ2v) is 6.36. The fourth-order valence-electron chi connectivity index (χ4n) is 3.46. The normalized spacial score (nSPS) is 24.8. The van der Waals surface area contributed by atoms with Gasteiger partial charge in [0.2, 0.25) is 11.8 Å². The maximum Gasteiger partial charge on any atom is 0.239 e. The molecule has 2 unspecified atom stereocenters. The maximum atomic E-state index is 12.7. The molecule has 0 aromatic heterocycles. The number of rotatable bonds is 3. The Bertz CT molecular complexity index is 663. The van der Waals surface area contributed by atoms with Crippen molar-refractivity contribution in [2.45, 2.75) is 18.9 Å². The van der Waals surface area contributed by atoms with Crippen molar-refractivity contribution >= 4 is 29.9 Å². The molecule has 2 N–H and O–H groups in total. The minimum absolute atomic E-state index is 0. The van der Waals surface area contributed by atoms with Gasteiger partial charge in [0.25, 0.3) is 0 Å². The number of nitrogens with zero attached hydrogens (tertiary/aromatic N) is 1. The van der Waals surface area contributed by atoms with Crippen molar-refractivity contribution < 1.29 is 19.1 Å². The summed E-state index contributed by atoms with van der Waals surface area (Å²) in [6.07, 6.45) is 1.46. The zero-order valence-corrected chi connectivity index (χ0v) is 14.6. The minimum atomic E-state index is -0.598. The Kier molecular flexibility index (Phi) is 5.34. The smallest absolute Gasteiger partial charge is 0.239 e. The van der Waals surface area contributed by atoms with Gasteiger partial charge in [-0.3, -0.25) is 9.59 Å². The van der Waals surface area contributed by atoms with Crippen LogP contribution in [0.25, 0.3) is 0 Å². The molecule has 0 saturated carbocycles. The highest BCUT2D eigenvalue weighted by atomic mass is 35.5. The van der Waals surface area contributed by atoms with Crippen LogP contribution < -0.4 is 25.0 Å². The zero-order valence-electron chi connectivity index (χ0n) is 13.8. The highest BCUT2D eigenvalue weighted by Crippen LogP contribution is 2.36. The van der Waals surface area contributed by atoms with Crippen LogP contribution in [0.1, 0.15) is 12.8 Å². The number of hydrogen-bond donors (Lipinski definition) is 2. The largest absolute Gasteiger partial charge is 0.486 e. The third-order valence-electron chi connectivity index (χ3n) is 4.77. The zero-order chi connectivity index (χ0) is 16.5. The lowest BCUT2D eigenvalue weighted by atomic mass is 10.1. The van der Waals surface area contributed by atoms with Crippen LogP contribution >= 0.6 is 12.4 Å². The van der Waals surface area contributed by atoms with Crippen LogP contribution in [0.4, 0.5) is 5.69 Å². The average molecular weight is 368 g/mol. The van der Waals surface area contributed by atoms with Gasteiger partial charge < -0.3 is 25.0 Å². The van der Waals surface area contributed by atoms with Gasteiger partial charge in [-0.1, -0.05) is 0 Å². The first kappa shape index (κ1) is 17.8. The molecule has 7 nitrogen and oxygen atoms in total. The molecule has 25 heavy (non-hydrogen) atoms. The molecule has 3 aliphatic heterocycles. The van der Waals surface area contributed by atoms with Gasteiger partial charge in [0.15, 0.2) is 11.5 Å². The lowest BCUT2D eigenvalue weighted by Gasteiger charge is -2.22. The highest BCUT2D eigenvalue weighted by molar-refractivity contribution is 6.09. The highest BCUT2D eigenvalue weighted by Gasteiger charge is 2.38. The van der Waals surface area contributed by atoms with E-state index in [2.05, 4.69) is 10.6 Å². The molecule has 1 aromatic carbocycles. The third-order valence-corrected chi connectivity index (χ3v) is 4.77. The summed E-state index contributed by atoms with van der Waals surface area (Å²) in [6, 6.07) is 5.60. The number of ether oxygens (including phenoxy) is 2. The van der Waals surface area contributed by atoms with Crippen LogP contribution in [0.5, 0.6) is 11.5 Å². The summed E-state index contributed by atoms with van der Waals surface area (Å²) in [7, 11) is 0. The van der Waals surface area contributed by atoms with Gasteiger partial charge in [0.05, 0.1) is 0 Å². The van der Waals surface area contributed by atoms with Crippen LogP contribution in [0.15, 0.2) is 18.2 Å². The Morgan fingerprint density at radius 1 is 1.20 bits per heavy atom. The number of anilines is 1. The third kappa shape index (κ3) is 3.52. The maximum absolute atomic E-state index is 12.7. The van der Waals surface area contributed by atoms with Crippen LogP contribution in [0.2, 0.25) is 0 Å². The standard InChI is InChI=1S/C17H21N3O4.ClH/c21-16(19-11-3-5-18-10-11)13-4-6-20(17(13)22)12-1-2-14-15(9-12)24-8-7-23-14;/h1-2,9,11,13,18H,3-8,10H2,(H,19,21);1H. The van der Waals surface area contributed by atoms with E-state index in [0.717, 1.165) is 25.2 Å². The Balaban J connectivity index is 0.00000182. The van der Waals surface area contributed by atoms with Gasteiger partial charge in [-0.15, -0.1) is 12.4 Å². The molecule has 4 rings (SSSR count). The lowest BCUT2D eigenvalue weighted by Crippen LogP contribution is -2.42. The molecule has 3 aliphatic rings. The first-order valence-corrected chi connectivity index (χ1v) is 8.44. The molecule has 2 fully saturated rings. The summed E-state index contributed by atoms with van der Waals surface area (Å²) in [5.74, 6) is 0.443. The van der Waals surface area contributed by atoms with E-state index in [1.807, 2.05) is 18.2 Å². The Labute approximate surface area is 152 Å². The van der Waals surface area contributed by atoms with Crippen LogP contribution in [0.3, 0.4) is 0 Å². The SMILES string of the molecule is Cl.O=C(NC1CCNC1)C1CCN(c2ccc3c(c2)OCCO3)C1=O. The Hall–Kier alpha value is -1.99. The number of benzene rings is 1. The molecule has 0 bridgehead atoms. The van der Waals surface area contributed by atoms with Gasteiger partial charge in [-0.2, -0.15) is 0 Å². The van der Waals surface area contributed by atoms with Crippen molar-refractivity contribution in [1.29, 1.82) is 0 Å². The van der Waals surface area contributed by atoms with Gasteiger partial charge in [-0.25, -0.2) is 0 Å². The summed E-state index contributed by atoms with van der Waals surface area (Å²) in [4.78, 5) is 26.7. The van der Waals surface area contributed by atoms with Crippen molar-refractivity contribution in [3.63, 3.8) is 0 Å². The summed E-state index contributed by atoms with van der Waals surface area (Å²) < 4.78 is 11.1. The van der Waals surface area contributed by atoms with E-state index in [4.69, 9.17) is 9.47 Å². The summed E-state index contributed by atoms with van der Waals surface area (Å²) in [6.45, 7) is 3.27. The molecule has 0 radical (unpaired) electrons. The van der Waals surface area contributed by atoms with Gasteiger partial charge in [0, 0.05) is 30.9 Å². The van der Waals surface area contributed by atoms with E-state index in [1.54, 1.807) is 4.90 Å². The van der Waals surface area contributed by atoms with Crippen molar-refractivity contribution in [1.82, 2.24) is 10.6 Å². The number of carbonyl (C=O) groups excluding carboxylic acids is 2. The van der Waals surface area contributed by atoms with E-state index >= 15 is 0 Å². The Morgan fingerprint density at radius 3 is 2.76 bits per heavy atom. The number of amides is 2. The van der Waals surface area contributed by atoms with Crippen molar-refractivity contribution in [3.05, 3.63) is 18.2 Å². The molecule has 2 saturated heterocycles. The predicted octanol–water partition coefficient (Wildman–Crippen LogP) is 0.711. The number of fused-ring (bicyclic) bond motifs is 1. The van der Waals surface area contributed by atoms with Crippen LogP contribution in [-0.4, -0.2) is 50.7 Å². The van der Waals surface area contributed by atoms with Crippen LogP contribution in [-0.2, 0) is 9.59 Å². The fourth-order valence-corrected chi connectivity index (χ4v) is 3.46. The van der Waals surface area contributed by atoms with Gasteiger partial charge in [0.1, 0.15) is 19.1 Å². The molecule has 2 amide bonds. The topological polar surface area (TPSA) is 79.9 Å². The van der Waals surface area contributed by atoms with Gasteiger partial charge in [-0.05, 0) is 31.5 Å². The molecular weight excluding hydrogens is 346 g/mol. The second-order valence-electron chi connectivity index (χ2n) is 6.36. The molecule has 1 aromatic rings. The number of nitrogens with one attached hydrogen (secondary N) is 2. The van der Waals surface area contributed by atoms with E-state index in [-0.39, 0.29) is 30.3 Å². The van der Waals surface area contributed by atoms with E-state index < -0.39 is 5.92 Å². The van der Waals surface area contributed by atoms with Crippen molar-refractivity contribution in [2.24, 2.45) is 5.92 Å². The first-order valence-electron chi connectivity index (χ1n) is 8.44. The predicted molar refractivity (Wildman–Crippen MR) is 94.6 cm³/mol. The van der Waals surface area contributed by atoms with E-state index in [1.165, 1.54) is 0 Å². The van der Waals surface area contributed by atoms with Crippen LogP contribution in [0, 0.1) is 5.92 Å². The summed E-state index contributed by atoms with van der Waals surface area (Å²) in [5.41, 5.74) is 0.752. The van der Waals surface area contributed by atoms with E-state index in [0.29, 0.717) is 37.7 Å². The molecule has 0 aliphatic carbocycles. The minimum Gasteiger partial charge on any atom is -0.486 e. The second kappa shape index (κ2) is 7.49. The summed E-state index contributed by atoms with van der Waals surface area (Å²) in [5, 5.41) is 6.19. The monoisotopic (exact) mass is 367 g/mol. The Morgan fingerprint density at radius 2 is 2.00 bits per heavy atom. The molecule has 0 spiro atoms. The van der Waals surface area contributed by atoms with E-state index in [9.17, 15) is 9.59 Å². The fraction of sp³-hybridized carbons (Fsp3) is 0.529.